The predicted octanol–water partition coefficient (Wildman–Crippen LogP) is 1.51. The van der Waals surface area contributed by atoms with Crippen molar-refractivity contribution in [3.05, 3.63) is 31.3 Å². The van der Waals surface area contributed by atoms with E-state index in [-0.39, 0.29) is 11.3 Å². The first-order valence-electron chi connectivity index (χ1n) is 4.95. The number of imide groups is 2. The van der Waals surface area contributed by atoms with E-state index in [1.807, 2.05) is 33.2 Å². The van der Waals surface area contributed by atoms with Crippen molar-refractivity contribution < 1.29 is 19.5 Å². The highest BCUT2D eigenvalue weighted by atomic mass is 127. The number of phenolic OH excluding ortho intramolecular Hbond substituents is 1. The number of urea groups is 1. The highest BCUT2D eigenvalue weighted by molar-refractivity contribution is 14.1. The highest BCUT2D eigenvalue weighted by Gasteiger charge is 2.28. The van der Waals surface area contributed by atoms with Crippen molar-refractivity contribution in [2.24, 2.45) is 0 Å². The molecule has 0 unspecified atom stereocenters. The van der Waals surface area contributed by atoms with Crippen LogP contribution >= 0.6 is 38.5 Å². The van der Waals surface area contributed by atoms with Gasteiger partial charge < -0.3 is 5.11 Å². The Morgan fingerprint density at radius 3 is 2.32 bits per heavy atom. The van der Waals surface area contributed by atoms with Crippen LogP contribution in [-0.2, 0) is 9.59 Å². The minimum Gasteiger partial charge on any atom is -0.506 e. The van der Waals surface area contributed by atoms with Gasteiger partial charge in [0.1, 0.15) is 11.3 Å². The Bertz CT molecular complexity index is 620. The minimum absolute atomic E-state index is 0.0922. The minimum atomic E-state index is -0.861. The van der Waals surface area contributed by atoms with Crippen LogP contribution in [0.5, 0.6) is 5.75 Å². The molecule has 6 nitrogen and oxygen atoms in total. The lowest BCUT2D eigenvalue weighted by Gasteiger charge is -2.14. The van der Waals surface area contributed by atoms with Gasteiger partial charge in [0.25, 0.3) is 11.8 Å². The molecule has 8 heteroatoms. The fourth-order valence-corrected chi connectivity index (χ4v) is 3.01. The van der Waals surface area contributed by atoms with Gasteiger partial charge in [-0.25, -0.2) is 4.79 Å². The molecule has 1 aromatic rings. The lowest BCUT2D eigenvalue weighted by Crippen LogP contribution is -2.51. The van der Waals surface area contributed by atoms with Crippen LogP contribution in [0.2, 0.25) is 0 Å². The maximum Gasteiger partial charge on any atom is 0.328 e. The average molecular weight is 437 g/mol. The summed E-state index contributed by atoms with van der Waals surface area (Å²) in [4.78, 5) is 34.0. The van der Waals surface area contributed by atoms with E-state index in [4.69, 9.17) is 0 Å². The molecule has 19 heavy (non-hydrogen) atoms. The Morgan fingerprint density at radius 2 is 1.74 bits per heavy atom. The van der Waals surface area contributed by atoms with Crippen LogP contribution in [0.3, 0.4) is 0 Å². The molecule has 1 heterocycles. The van der Waals surface area contributed by atoms with Crippen molar-refractivity contribution in [3.63, 3.8) is 0 Å². The molecule has 98 valence electrons. The molecule has 1 aliphatic rings. The number of rotatable bonds is 1. The van der Waals surface area contributed by atoms with Crippen molar-refractivity contribution >= 4 is 62.4 Å². The second-order valence-electron chi connectivity index (χ2n) is 3.62. The number of carbonyl (C=O) groups is 3. The van der Waals surface area contributed by atoms with Gasteiger partial charge in [0, 0.05) is 9.13 Å². The van der Waals surface area contributed by atoms with Crippen LogP contribution in [0.15, 0.2) is 22.2 Å². The standard InChI is InChI=1S/C11H6BrIN2O4/c12-7-3-5(13)1-4(8(7)16)2-6-9(17)14-11(19)15-10(6)18/h1-3,16H,(H2,14,15,17,18,19). The molecule has 0 saturated carbocycles. The van der Waals surface area contributed by atoms with Gasteiger partial charge in [0.2, 0.25) is 0 Å². The average Bonchev–Trinajstić information content (AvgIpc) is 2.29. The van der Waals surface area contributed by atoms with Gasteiger partial charge in [-0.05, 0) is 56.7 Å². The van der Waals surface area contributed by atoms with Crippen molar-refractivity contribution in [3.8, 4) is 5.75 Å². The number of nitrogens with one attached hydrogen (secondary N) is 2. The molecule has 1 aromatic carbocycles. The molecule has 0 spiro atoms. The molecule has 1 fully saturated rings. The number of barbiturate groups is 1. The van der Waals surface area contributed by atoms with Crippen molar-refractivity contribution in [2.45, 2.75) is 0 Å². The van der Waals surface area contributed by atoms with Gasteiger partial charge in [-0.15, -0.1) is 0 Å². The Morgan fingerprint density at radius 1 is 1.16 bits per heavy atom. The third kappa shape index (κ3) is 2.95. The SMILES string of the molecule is O=C1NC(=O)C(=Cc2cc(I)cc(Br)c2O)C(=O)N1. The van der Waals surface area contributed by atoms with Crippen molar-refractivity contribution in [2.75, 3.05) is 0 Å². The zero-order chi connectivity index (χ0) is 14.2. The van der Waals surface area contributed by atoms with E-state index in [0.29, 0.717) is 10.0 Å². The van der Waals surface area contributed by atoms with Crippen molar-refractivity contribution in [1.29, 1.82) is 0 Å². The number of benzene rings is 1. The third-order valence-corrected chi connectivity index (χ3v) is 3.53. The fourth-order valence-electron chi connectivity index (χ4n) is 1.46. The lowest BCUT2D eigenvalue weighted by atomic mass is 10.1. The summed E-state index contributed by atoms with van der Waals surface area (Å²) in [5, 5.41) is 13.8. The molecule has 4 amide bonds. The Balaban J connectivity index is 2.49. The molecule has 0 radical (unpaired) electrons. The summed E-state index contributed by atoms with van der Waals surface area (Å²) in [7, 11) is 0. The van der Waals surface area contributed by atoms with Gasteiger partial charge in [-0.3, -0.25) is 20.2 Å². The van der Waals surface area contributed by atoms with E-state index in [0.717, 1.165) is 3.57 Å². The largest absolute Gasteiger partial charge is 0.506 e. The Kier molecular flexibility index (Phi) is 3.90. The summed E-state index contributed by atoms with van der Waals surface area (Å²) >= 11 is 5.19. The monoisotopic (exact) mass is 436 g/mol. The Hall–Kier alpha value is -1.42. The maximum atomic E-state index is 11.5. The molecule has 3 N–H and O–H groups in total. The van der Waals surface area contributed by atoms with E-state index in [1.165, 1.54) is 6.08 Å². The first-order valence-corrected chi connectivity index (χ1v) is 6.82. The molecule has 0 atom stereocenters. The fraction of sp³-hybridized carbons (Fsp3) is 0. The van der Waals surface area contributed by atoms with Crippen LogP contribution in [0.1, 0.15) is 5.56 Å². The first-order chi connectivity index (χ1) is 8.88. The first kappa shape index (κ1) is 14.0. The number of aromatic hydroxyl groups is 1. The number of amides is 4. The molecular formula is C11H6BrIN2O4. The van der Waals surface area contributed by atoms with E-state index in [2.05, 4.69) is 15.9 Å². The molecule has 1 saturated heterocycles. The molecule has 0 aromatic heterocycles. The summed E-state index contributed by atoms with van der Waals surface area (Å²) in [6.45, 7) is 0. The second-order valence-corrected chi connectivity index (χ2v) is 5.72. The lowest BCUT2D eigenvalue weighted by molar-refractivity contribution is -0.123. The van der Waals surface area contributed by atoms with Crippen LogP contribution in [0, 0.1) is 3.57 Å². The molecule has 1 aliphatic heterocycles. The van der Waals surface area contributed by atoms with Crippen LogP contribution in [0.25, 0.3) is 6.08 Å². The highest BCUT2D eigenvalue weighted by Crippen LogP contribution is 2.31. The predicted molar refractivity (Wildman–Crippen MR) is 78.2 cm³/mol. The van der Waals surface area contributed by atoms with E-state index >= 15 is 0 Å². The summed E-state index contributed by atoms with van der Waals surface area (Å²) in [5.41, 5.74) is 0.0530. The normalized spacial score (nSPS) is 15.1. The summed E-state index contributed by atoms with van der Waals surface area (Å²) in [6.07, 6.45) is 1.22. The van der Waals surface area contributed by atoms with Gasteiger partial charge >= 0.3 is 6.03 Å². The quantitative estimate of drug-likeness (QED) is 0.353. The zero-order valence-electron chi connectivity index (χ0n) is 9.16. The number of phenols is 1. The van der Waals surface area contributed by atoms with E-state index in [1.54, 1.807) is 12.1 Å². The van der Waals surface area contributed by atoms with Crippen LogP contribution in [0.4, 0.5) is 4.79 Å². The van der Waals surface area contributed by atoms with E-state index in [9.17, 15) is 19.5 Å². The smallest absolute Gasteiger partial charge is 0.328 e. The number of hydrogen-bond donors (Lipinski definition) is 3. The number of carbonyl (C=O) groups excluding carboxylic acids is 3. The van der Waals surface area contributed by atoms with Gasteiger partial charge in [0.15, 0.2) is 0 Å². The van der Waals surface area contributed by atoms with E-state index < -0.39 is 17.8 Å². The van der Waals surface area contributed by atoms with Crippen LogP contribution in [-0.4, -0.2) is 23.0 Å². The topological polar surface area (TPSA) is 95.5 Å². The zero-order valence-corrected chi connectivity index (χ0v) is 12.9. The molecule has 2 rings (SSSR count). The molecule has 0 aliphatic carbocycles. The summed E-state index contributed by atoms with van der Waals surface area (Å²) in [6, 6.07) is 2.42. The second kappa shape index (κ2) is 5.29. The Labute approximate surface area is 129 Å². The van der Waals surface area contributed by atoms with Crippen molar-refractivity contribution in [1.82, 2.24) is 10.6 Å². The maximum absolute atomic E-state index is 11.5. The van der Waals surface area contributed by atoms with Gasteiger partial charge in [0.05, 0.1) is 4.47 Å². The number of halogens is 2. The van der Waals surface area contributed by atoms with Crippen LogP contribution < -0.4 is 10.6 Å². The number of hydrogen-bond acceptors (Lipinski definition) is 4. The summed E-state index contributed by atoms with van der Waals surface area (Å²) < 4.78 is 1.25. The third-order valence-electron chi connectivity index (χ3n) is 2.30. The summed E-state index contributed by atoms with van der Waals surface area (Å²) in [5.74, 6) is -1.70. The van der Waals surface area contributed by atoms with Gasteiger partial charge in [-0.1, -0.05) is 0 Å². The molecular weight excluding hydrogens is 431 g/mol. The van der Waals surface area contributed by atoms with Gasteiger partial charge in [-0.2, -0.15) is 0 Å². The molecule has 0 bridgehead atoms.